The number of hydrogen-bond donors (Lipinski definition) is 2. The first-order valence-corrected chi connectivity index (χ1v) is 6.86. The Labute approximate surface area is 130 Å². The summed E-state index contributed by atoms with van der Waals surface area (Å²) in [6, 6.07) is 12.1. The van der Waals surface area contributed by atoms with Crippen molar-refractivity contribution in [3.63, 3.8) is 0 Å². The molecular formula is C15H13BrN2O3. The number of hydrogen-bond acceptors (Lipinski definition) is 4. The van der Waals surface area contributed by atoms with Gasteiger partial charge in [0.25, 0.3) is 5.91 Å². The van der Waals surface area contributed by atoms with Gasteiger partial charge in [-0.15, -0.1) is 0 Å². The van der Waals surface area contributed by atoms with Crippen molar-refractivity contribution >= 4 is 28.1 Å². The summed E-state index contributed by atoms with van der Waals surface area (Å²) in [6.07, 6.45) is 1.35. The summed E-state index contributed by atoms with van der Waals surface area (Å²) in [6.45, 7) is 0. The Kier molecular flexibility index (Phi) is 4.94. The smallest absolute Gasteiger partial charge is 0.271 e. The number of carbonyl (C=O) groups excluding carboxylic acids is 1. The first-order chi connectivity index (χ1) is 10.1. The van der Waals surface area contributed by atoms with Gasteiger partial charge in [-0.05, 0) is 40.2 Å². The van der Waals surface area contributed by atoms with Crippen molar-refractivity contribution < 1.29 is 14.6 Å². The maximum absolute atomic E-state index is 11.8. The van der Waals surface area contributed by atoms with Crippen LogP contribution in [-0.2, 0) is 0 Å². The summed E-state index contributed by atoms with van der Waals surface area (Å²) in [7, 11) is 1.46. The molecule has 0 fully saturated rings. The fourth-order valence-electron chi connectivity index (χ4n) is 1.66. The SMILES string of the molecule is COc1ccc(Br)c(/C=N/NC(=O)c2ccccc2)c1O. The number of hydrazone groups is 1. The van der Waals surface area contributed by atoms with Gasteiger partial charge in [0.1, 0.15) is 0 Å². The van der Waals surface area contributed by atoms with Crippen LogP contribution in [0.2, 0.25) is 0 Å². The highest BCUT2D eigenvalue weighted by atomic mass is 79.9. The molecule has 0 saturated carbocycles. The van der Waals surface area contributed by atoms with E-state index >= 15 is 0 Å². The molecular weight excluding hydrogens is 336 g/mol. The van der Waals surface area contributed by atoms with Crippen LogP contribution in [0.5, 0.6) is 11.5 Å². The Morgan fingerprint density at radius 2 is 2.00 bits per heavy atom. The number of nitrogens with zero attached hydrogens (tertiary/aromatic N) is 1. The molecule has 0 aliphatic heterocycles. The lowest BCUT2D eigenvalue weighted by atomic mass is 10.2. The quantitative estimate of drug-likeness (QED) is 0.659. The van der Waals surface area contributed by atoms with Crippen molar-refractivity contribution in [3.05, 3.63) is 58.1 Å². The number of aromatic hydroxyl groups is 1. The second-order valence-electron chi connectivity index (χ2n) is 4.08. The van der Waals surface area contributed by atoms with Gasteiger partial charge >= 0.3 is 0 Å². The molecule has 1 amide bonds. The molecule has 0 radical (unpaired) electrons. The Morgan fingerprint density at radius 1 is 1.29 bits per heavy atom. The molecule has 0 aliphatic rings. The molecule has 0 saturated heterocycles. The predicted molar refractivity (Wildman–Crippen MR) is 83.9 cm³/mol. The van der Waals surface area contributed by atoms with Crippen LogP contribution in [0.25, 0.3) is 0 Å². The van der Waals surface area contributed by atoms with E-state index in [9.17, 15) is 9.90 Å². The van der Waals surface area contributed by atoms with Crippen molar-refractivity contribution in [2.75, 3.05) is 7.11 Å². The van der Waals surface area contributed by atoms with Gasteiger partial charge in [0.2, 0.25) is 0 Å². The van der Waals surface area contributed by atoms with Crippen LogP contribution in [0.3, 0.4) is 0 Å². The number of carbonyl (C=O) groups is 1. The van der Waals surface area contributed by atoms with E-state index in [1.54, 1.807) is 36.4 Å². The number of phenolic OH excluding ortho intramolecular Hbond substituents is 1. The molecule has 0 aromatic heterocycles. The van der Waals surface area contributed by atoms with Gasteiger partial charge in [-0.2, -0.15) is 5.10 Å². The monoisotopic (exact) mass is 348 g/mol. The highest BCUT2D eigenvalue weighted by Gasteiger charge is 2.10. The second-order valence-corrected chi connectivity index (χ2v) is 4.93. The number of nitrogens with one attached hydrogen (secondary N) is 1. The van der Waals surface area contributed by atoms with Gasteiger partial charge in [0.05, 0.1) is 18.9 Å². The lowest BCUT2D eigenvalue weighted by Crippen LogP contribution is -2.17. The third kappa shape index (κ3) is 3.61. The molecule has 2 N–H and O–H groups in total. The molecule has 6 heteroatoms. The van der Waals surface area contributed by atoms with Crippen LogP contribution in [0.15, 0.2) is 52.0 Å². The van der Waals surface area contributed by atoms with E-state index in [0.29, 0.717) is 21.3 Å². The van der Waals surface area contributed by atoms with E-state index in [4.69, 9.17) is 4.74 Å². The summed E-state index contributed by atoms with van der Waals surface area (Å²) in [4.78, 5) is 11.8. The lowest BCUT2D eigenvalue weighted by molar-refractivity contribution is 0.0955. The van der Waals surface area contributed by atoms with E-state index in [2.05, 4.69) is 26.5 Å². The van der Waals surface area contributed by atoms with Crippen molar-refractivity contribution in [3.8, 4) is 11.5 Å². The van der Waals surface area contributed by atoms with Crippen LogP contribution < -0.4 is 10.2 Å². The van der Waals surface area contributed by atoms with Crippen LogP contribution in [0.4, 0.5) is 0 Å². The minimum atomic E-state index is -0.328. The van der Waals surface area contributed by atoms with Crippen LogP contribution >= 0.6 is 15.9 Å². The number of ether oxygens (including phenoxy) is 1. The number of phenols is 1. The average Bonchev–Trinajstić information content (AvgIpc) is 2.51. The summed E-state index contributed by atoms with van der Waals surface area (Å²) < 4.78 is 5.66. The number of methoxy groups -OCH3 is 1. The van der Waals surface area contributed by atoms with E-state index < -0.39 is 0 Å². The van der Waals surface area contributed by atoms with Gasteiger partial charge in [-0.3, -0.25) is 4.79 Å². The van der Waals surface area contributed by atoms with Crippen molar-refractivity contribution in [1.82, 2.24) is 5.43 Å². The van der Waals surface area contributed by atoms with Crippen molar-refractivity contribution in [1.29, 1.82) is 0 Å². The van der Waals surface area contributed by atoms with Gasteiger partial charge < -0.3 is 9.84 Å². The normalized spacial score (nSPS) is 10.6. The van der Waals surface area contributed by atoms with Gasteiger partial charge in [0.15, 0.2) is 11.5 Å². The molecule has 5 nitrogen and oxygen atoms in total. The highest BCUT2D eigenvalue weighted by molar-refractivity contribution is 9.10. The molecule has 21 heavy (non-hydrogen) atoms. The first kappa shape index (κ1) is 15.1. The van der Waals surface area contributed by atoms with E-state index in [0.717, 1.165) is 0 Å². The maximum Gasteiger partial charge on any atom is 0.271 e. The molecule has 0 bridgehead atoms. The second kappa shape index (κ2) is 6.90. The number of halogens is 1. The third-order valence-electron chi connectivity index (χ3n) is 2.74. The standard InChI is InChI=1S/C15H13BrN2O3/c1-21-13-8-7-12(16)11(14(13)19)9-17-18-15(20)10-5-3-2-4-6-10/h2-9,19H,1H3,(H,18,20)/b17-9+. The van der Waals surface area contributed by atoms with Gasteiger partial charge in [-0.25, -0.2) is 5.43 Å². The van der Waals surface area contributed by atoms with E-state index in [1.165, 1.54) is 13.3 Å². The average molecular weight is 349 g/mol. The summed E-state index contributed by atoms with van der Waals surface area (Å²) in [5.74, 6) is -0.0519. The molecule has 2 aromatic carbocycles. The third-order valence-corrected chi connectivity index (χ3v) is 3.43. The molecule has 2 aromatic rings. The first-order valence-electron chi connectivity index (χ1n) is 6.07. The zero-order valence-electron chi connectivity index (χ0n) is 11.2. The largest absolute Gasteiger partial charge is 0.504 e. The Morgan fingerprint density at radius 3 is 2.67 bits per heavy atom. The number of amides is 1. The molecule has 0 heterocycles. The molecule has 0 atom stereocenters. The zero-order valence-corrected chi connectivity index (χ0v) is 12.8. The van der Waals surface area contributed by atoms with Crippen molar-refractivity contribution in [2.24, 2.45) is 5.10 Å². The Bertz CT molecular complexity index is 672. The summed E-state index contributed by atoms with van der Waals surface area (Å²) in [5, 5.41) is 13.8. The molecule has 0 spiro atoms. The molecule has 0 aliphatic carbocycles. The van der Waals surface area contributed by atoms with E-state index in [1.807, 2.05) is 6.07 Å². The molecule has 108 valence electrons. The minimum absolute atomic E-state index is 0.0513. The zero-order chi connectivity index (χ0) is 15.2. The lowest BCUT2D eigenvalue weighted by Gasteiger charge is -2.07. The van der Waals surface area contributed by atoms with Crippen LogP contribution in [0.1, 0.15) is 15.9 Å². The Balaban J connectivity index is 2.14. The van der Waals surface area contributed by atoms with Crippen LogP contribution in [-0.4, -0.2) is 24.3 Å². The topological polar surface area (TPSA) is 70.9 Å². The summed E-state index contributed by atoms with van der Waals surface area (Å²) in [5.41, 5.74) is 3.32. The Hall–Kier alpha value is -2.34. The van der Waals surface area contributed by atoms with Gasteiger partial charge in [0, 0.05) is 10.0 Å². The van der Waals surface area contributed by atoms with Crippen LogP contribution in [0, 0.1) is 0 Å². The van der Waals surface area contributed by atoms with E-state index in [-0.39, 0.29) is 11.7 Å². The molecule has 0 unspecified atom stereocenters. The minimum Gasteiger partial charge on any atom is -0.504 e. The van der Waals surface area contributed by atoms with Gasteiger partial charge in [-0.1, -0.05) is 18.2 Å². The number of rotatable bonds is 4. The highest BCUT2D eigenvalue weighted by Crippen LogP contribution is 2.33. The fourth-order valence-corrected chi connectivity index (χ4v) is 2.08. The number of benzene rings is 2. The predicted octanol–water partition coefficient (Wildman–Crippen LogP) is 2.93. The fraction of sp³-hybridized carbons (Fsp3) is 0.0667. The maximum atomic E-state index is 11.8. The summed E-state index contributed by atoms with van der Waals surface area (Å²) >= 11 is 3.30. The van der Waals surface area contributed by atoms with Crippen molar-refractivity contribution in [2.45, 2.75) is 0 Å². The molecule has 2 rings (SSSR count).